The summed E-state index contributed by atoms with van der Waals surface area (Å²) in [4.78, 5) is 2.35. The molecule has 2 aliphatic heterocycles. The van der Waals surface area contributed by atoms with Gasteiger partial charge in [-0.15, -0.1) is 0 Å². The van der Waals surface area contributed by atoms with E-state index in [1.165, 1.54) is 0 Å². The van der Waals surface area contributed by atoms with Gasteiger partial charge in [0.1, 0.15) is 6.10 Å². The van der Waals surface area contributed by atoms with Crippen LogP contribution in [0.15, 0.2) is 12.2 Å². The maximum absolute atomic E-state index is 9.25. The van der Waals surface area contributed by atoms with Gasteiger partial charge in [0.05, 0.1) is 18.8 Å². The lowest BCUT2D eigenvalue weighted by atomic mass is 9.91. The highest BCUT2D eigenvalue weighted by Crippen LogP contribution is 2.30. The zero-order valence-corrected chi connectivity index (χ0v) is 8.89. The quantitative estimate of drug-likeness (QED) is 0.664. The normalized spacial score (nSPS) is 42.8. The highest BCUT2D eigenvalue weighted by molar-refractivity contribution is 5.10. The van der Waals surface area contributed by atoms with E-state index in [0.29, 0.717) is 6.04 Å². The first-order valence-corrected chi connectivity index (χ1v) is 5.42. The van der Waals surface area contributed by atoms with Crippen molar-refractivity contribution in [1.29, 1.82) is 0 Å². The molecule has 0 aromatic rings. The Labute approximate surface area is 85.4 Å². The summed E-state index contributed by atoms with van der Waals surface area (Å²) < 4.78 is 5.88. The van der Waals surface area contributed by atoms with Crippen LogP contribution in [0.25, 0.3) is 0 Å². The molecule has 3 nitrogen and oxygen atoms in total. The van der Waals surface area contributed by atoms with E-state index >= 15 is 0 Å². The molecule has 1 fully saturated rings. The topological polar surface area (TPSA) is 32.7 Å². The van der Waals surface area contributed by atoms with Gasteiger partial charge in [0.25, 0.3) is 0 Å². The average Bonchev–Trinajstić information content (AvgIpc) is 2.18. The fraction of sp³-hybridized carbons (Fsp3) is 0.818. The Morgan fingerprint density at radius 3 is 2.93 bits per heavy atom. The Kier molecular flexibility index (Phi) is 2.91. The van der Waals surface area contributed by atoms with Crippen LogP contribution in [0.3, 0.4) is 0 Å². The molecule has 1 saturated heterocycles. The molecule has 4 atom stereocenters. The molecule has 0 aliphatic carbocycles. The third kappa shape index (κ3) is 1.49. The van der Waals surface area contributed by atoms with Crippen molar-refractivity contribution >= 4 is 0 Å². The molecule has 2 heterocycles. The van der Waals surface area contributed by atoms with E-state index in [4.69, 9.17) is 4.74 Å². The smallest absolute Gasteiger partial charge is 0.100 e. The zero-order valence-electron chi connectivity index (χ0n) is 8.89. The third-order valence-corrected chi connectivity index (χ3v) is 3.45. The summed E-state index contributed by atoms with van der Waals surface area (Å²) in [6.07, 6.45) is 6.71. The van der Waals surface area contributed by atoms with Crippen LogP contribution in [0.1, 0.15) is 19.8 Å². The average molecular weight is 197 g/mol. The van der Waals surface area contributed by atoms with Crippen molar-refractivity contribution in [2.45, 2.75) is 44.1 Å². The number of hydrogen-bond donors (Lipinski definition) is 1. The molecule has 0 saturated carbocycles. The number of nitrogens with zero attached hydrogens (tertiary/aromatic N) is 1. The molecular formula is C11H19NO2. The van der Waals surface area contributed by atoms with Crippen LogP contribution in [0, 0.1) is 0 Å². The van der Waals surface area contributed by atoms with Crippen molar-refractivity contribution in [2.75, 3.05) is 13.7 Å². The zero-order chi connectivity index (χ0) is 10.1. The SMILES string of the molecule is CCC1OC(CO)C2C=CCC1N2C. The maximum Gasteiger partial charge on any atom is 0.100 e. The van der Waals surface area contributed by atoms with Crippen LogP contribution >= 0.6 is 0 Å². The lowest BCUT2D eigenvalue weighted by Crippen LogP contribution is -2.60. The predicted octanol–water partition coefficient (Wildman–Crippen LogP) is 0.785. The second kappa shape index (κ2) is 4.01. The van der Waals surface area contributed by atoms with Crippen molar-refractivity contribution in [1.82, 2.24) is 4.90 Å². The number of rotatable bonds is 2. The summed E-state index contributed by atoms with van der Waals surface area (Å²) >= 11 is 0. The van der Waals surface area contributed by atoms with E-state index in [2.05, 4.69) is 31.0 Å². The third-order valence-electron chi connectivity index (χ3n) is 3.45. The molecule has 2 bridgehead atoms. The summed E-state index contributed by atoms with van der Waals surface area (Å²) in [6, 6.07) is 0.763. The first-order chi connectivity index (χ1) is 6.77. The Morgan fingerprint density at radius 1 is 1.50 bits per heavy atom. The summed E-state index contributed by atoms with van der Waals surface area (Å²) in [5.74, 6) is 0. The van der Waals surface area contributed by atoms with Crippen LogP contribution in [0.5, 0.6) is 0 Å². The highest BCUT2D eigenvalue weighted by atomic mass is 16.5. The van der Waals surface area contributed by atoms with Gasteiger partial charge < -0.3 is 9.84 Å². The molecule has 80 valence electrons. The number of fused-ring (bicyclic) bond motifs is 2. The molecule has 4 unspecified atom stereocenters. The van der Waals surface area contributed by atoms with Gasteiger partial charge in [0.15, 0.2) is 0 Å². The van der Waals surface area contributed by atoms with E-state index < -0.39 is 0 Å². The number of morpholine rings is 1. The molecule has 2 aliphatic rings. The number of ether oxygens (including phenoxy) is 1. The summed E-state index contributed by atoms with van der Waals surface area (Å²) in [7, 11) is 2.13. The number of aliphatic hydroxyl groups is 1. The van der Waals surface area contributed by atoms with E-state index in [-0.39, 0.29) is 24.9 Å². The minimum Gasteiger partial charge on any atom is -0.394 e. The summed E-state index contributed by atoms with van der Waals surface area (Å²) in [5.41, 5.74) is 0. The summed E-state index contributed by atoms with van der Waals surface area (Å²) in [5, 5.41) is 9.25. The van der Waals surface area contributed by atoms with Gasteiger partial charge in [-0.05, 0) is 19.9 Å². The number of likely N-dealkylation sites (N-methyl/N-ethyl adjacent to an activating group) is 1. The predicted molar refractivity (Wildman–Crippen MR) is 55.1 cm³/mol. The van der Waals surface area contributed by atoms with E-state index in [0.717, 1.165) is 12.8 Å². The fourth-order valence-corrected chi connectivity index (χ4v) is 2.60. The van der Waals surface area contributed by atoms with Crippen LogP contribution in [0.4, 0.5) is 0 Å². The van der Waals surface area contributed by atoms with Gasteiger partial charge in [0.2, 0.25) is 0 Å². The molecular weight excluding hydrogens is 178 g/mol. The van der Waals surface area contributed by atoms with Gasteiger partial charge >= 0.3 is 0 Å². The monoisotopic (exact) mass is 197 g/mol. The molecule has 2 rings (SSSR count). The molecule has 0 aromatic heterocycles. The van der Waals surface area contributed by atoms with Crippen LogP contribution in [0.2, 0.25) is 0 Å². The van der Waals surface area contributed by atoms with E-state index in [1.807, 2.05) is 0 Å². The van der Waals surface area contributed by atoms with Crippen LogP contribution in [-0.2, 0) is 4.74 Å². The van der Waals surface area contributed by atoms with Crippen molar-refractivity contribution in [2.24, 2.45) is 0 Å². The van der Waals surface area contributed by atoms with E-state index in [9.17, 15) is 5.11 Å². The van der Waals surface area contributed by atoms with Crippen molar-refractivity contribution in [3.8, 4) is 0 Å². The number of aliphatic hydroxyl groups excluding tert-OH is 1. The Hall–Kier alpha value is -0.380. The largest absolute Gasteiger partial charge is 0.394 e. The maximum atomic E-state index is 9.25. The molecule has 0 aromatic carbocycles. The standard InChI is InChI=1S/C11H19NO2/c1-3-10-8-5-4-6-9(12(8)2)11(7-13)14-10/h4,6,8-11,13H,3,5,7H2,1-2H3. The Bertz CT molecular complexity index is 229. The Balaban J connectivity index is 2.20. The molecule has 0 spiro atoms. The van der Waals surface area contributed by atoms with Crippen molar-refractivity contribution in [3.63, 3.8) is 0 Å². The minimum atomic E-state index is -0.0438. The second-order valence-electron chi connectivity index (χ2n) is 4.19. The van der Waals surface area contributed by atoms with Crippen molar-refractivity contribution < 1.29 is 9.84 Å². The first kappa shape index (κ1) is 10.1. The van der Waals surface area contributed by atoms with Gasteiger partial charge in [0, 0.05) is 6.04 Å². The summed E-state index contributed by atoms with van der Waals surface area (Å²) in [6.45, 7) is 2.26. The lowest BCUT2D eigenvalue weighted by Gasteiger charge is -2.49. The fourth-order valence-electron chi connectivity index (χ4n) is 2.60. The van der Waals surface area contributed by atoms with Gasteiger partial charge in [-0.2, -0.15) is 0 Å². The Morgan fingerprint density at radius 2 is 2.29 bits per heavy atom. The molecule has 14 heavy (non-hydrogen) atoms. The molecule has 0 radical (unpaired) electrons. The van der Waals surface area contributed by atoms with E-state index in [1.54, 1.807) is 0 Å². The van der Waals surface area contributed by atoms with Crippen molar-refractivity contribution in [3.05, 3.63) is 12.2 Å². The molecule has 0 amide bonds. The highest BCUT2D eigenvalue weighted by Gasteiger charge is 2.40. The molecule has 1 N–H and O–H groups in total. The van der Waals surface area contributed by atoms with Gasteiger partial charge in [-0.1, -0.05) is 19.1 Å². The van der Waals surface area contributed by atoms with Crippen LogP contribution in [-0.4, -0.2) is 48.0 Å². The second-order valence-corrected chi connectivity index (χ2v) is 4.19. The minimum absolute atomic E-state index is 0.0438. The number of hydrogen-bond acceptors (Lipinski definition) is 3. The van der Waals surface area contributed by atoms with Gasteiger partial charge in [-0.3, -0.25) is 4.90 Å². The molecule has 3 heteroatoms. The lowest BCUT2D eigenvalue weighted by molar-refractivity contribution is -0.149. The van der Waals surface area contributed by atoms with Crippen LogP contribution < -0.4 is 0 Å². The first-order valence-electron chi connectivity index (χ1n) is 5.42. The van der Waals surface area contributed by atoms with Gasteiger partial charge in [-0.25, -0.2) is 0 Å².